The number of aromatic nitrogens is 4. The van der Waals surface area contributed by atoms with Crippen LogP contribution in [-0.4, -0.2) is 45.0 Å². The van der Waals surface area contributed by atoms with E-state index in [1.54, 1.807) is 0 Å². The van der Waals surface area contributed by atoms with Crippen molar-refractivity contribution in [1.29, 1.82) is 0 Å². The minimum atomic E-state index is -0.388. The van der Waals surface area contributed by atoms with E-state index in [2.05, 4.69) is 31.3 Å². The maximum Gasteiger partial charge on any atom is 0.292 e. The second kappa shape index (κ2) is 5.37. The van der Waals surface area contributed by atoms with Crippen molar-refractivity contribution in [2.75, 3.05) is 6.54 Å². The van der Waals surface area contributed by atoms with Gasteiger partial charge in [0.05, 0.1) is 0 Å². The van der Waals surface area contributed by atoms with Crippen molar-refractivity contribution in [3.05, 3.63) is 5.82 Å². The second-order valence-corrected chi connectivity index (χ2v) is 3.94. The van der Waals surface area contributed by atoms with Crippen LogP contribution in [0.25, 0.3) is 0 Å². The maximum absolute atomic E-state index is 11.3. The zero-order valence-electron chi connectivity index (χ0n) is 9.27. The Morgan fingerprint density at radius 1 is 1.41 bits per heavy atom. The fourth-order valence-corrected chi connectivity index (χ4v) is 1.32. The molecule has 0 bridgehead atoms. The van der Waals surface area contributed by atoms with Crippen molar-refractivity contribution < 1.29 is 9.59 Å². The number of nitrogens with one attached hydrogen (secondary N) is 3. The first-order chi connectivity index (χ1) is 8.25. The molecule has 2 rings (SSSR count). The number of aromatic amines is 1. The van der Waals surface area contributed by atoms with Crippen LogP contribution in [-0.2, 0) is 4.79 Å². The molecule has 0 aliphatic heterocycles. The van der Waals surface area contributed by atoms with Gasteiger partial charge in [-0.15, -0.1) is 10.2 Å². The third-order valence-electron chi connectivity index (χ3n) is 2.36. The van der Waals surface area contributed by atoms with Gasteiger partial charge in [-0.2, -0.15) is 5.21 Å². The monoisotopic (exact) mass is 238 g/mol. The highest BCUT2D eigenvalue weighted by Gasteiger charge is 2.22. The van der Waals surface area contributed by atoms with E-state index < -0.39 is 0 Å². The average Bonchev–Trinajstić information content (AvgIpc) is 2.96. The SMILES string of the molecule is O=C(CCCNC(=O)c1nn[nH]n1)NC1CC1. The van der Waals surface area contributed by atoms with Crippen LogP contribution >= 0.6 is 0 Å². The van der Waals surface area contributed by atoms with Gasteiger partial charge in [-0.3, -0.25) is 9.59 Å². The van der Waals surface area contributed by atoms with Crippen LogP contribution in [0.1, 0.15) is 36.3 Å². The zero-order chi connectivity index (χ0) is 12.1. The normalized spacial score (nSPS) is 14.4. The Kier molecular flexibility index (Phi) is 3.63. The van der Waals surface area contributed by atoms with Gasteiger partial charge in [0, 0.05) is 19.0 Å². The Balaban J connectivity index is 1.56. The van der Waals surface area contributed by atoms with Gasteiger partial charge < -0.3 is 10.6 Å². The lowest BCUT2D eigenvalue weighted by molar-refractivity contribution is -0.121. The van der Waals surface area contributed by atoms with E-state index >= 15 is 0 Å². The lowest BCUT2D eigenvalue weighted by Gasteiger charge is -2.03. The Morgan fingerprint density at radius 3 is 2.88 bits per heavy atom. The molecule has 0 saturated heterocycles. The molecule has 1 aromatic heterocycles. The van der Waals surface area contributed by atoms with E-state index in [0.29, 0.717) is 25.4 Å². The first-order valence-electron chi connectivity index (χ1n) is 5.56. The zero-order valence-corrected chi connectivity index (χ0v) is 9.27. The number of carbonyl (C=O) groups is 2. The number of nitrogens with zero attached hydrogens (tertiary/aromatic N) is 3. The molecule has 2 amide bonds. The lowest BCUT2D eigenvalue weighted by Crippen LogP contribution is -2.29. The number of tetrazole rings is 1. The topological polar surface area (TPSA) is 113 Å². The third kappa shape index (κ3) is 3.82. The summed E-state index contributed by atoms with van der Waals surface area (Å²) in [6.07, 6.45) is 3.19. The molecule has 1 aliphatic carbocycles. The molecule has 3 N–H and O–H groups in total. The predicted molar refractivity (Wildman–Crippen MR) is 56.9 cm³/mol. The van der Waals surface area contributed by atoms with Crippen molar-refractivity contribution >= 4 is 11.8 Å². The number of rotatable bonds is 6. The van der Waals surface area contributed by atoms with Crippen molar-refractivity contribution in [1.82, 2.24) is 31.3 Å². The van der Waals surface area contributed by atoms with Crippen molar-refractivity contribution in [2.24, 2.45) is 0 Å². The molecule has 0 aromatic carbocycles. The van der Waals surface area contributed by atoms with Crippen molar-refractivity contribution in [2.45, 2.75) is 31.7 Å². The molecule has 8 nitrogen and oxygen atoms in total. The van der Waals surface area contributed by atoms with E-state index in [4.69, 9.17) is 0 Å². The van der Waals surface area contributed by atoms with Gasteiger partial charge in [-0.25, -0.2) is 0 Å². The van der Waals surface area contributed by atoms with Gasteiger partial charge in [0.15, 0.2) is 0 Å². The molecule has 0 radical (unpaired) electrons. The summed E-state index contributed by atoms with van der Waals surface area (Å²) in [7, 11) is 0. The maximum atomic E-state index is 11.3. The van der Waals surface area contributed by atoms with Gasteiger partial charge >= 0.3 is 0 Å². The Bertz CT molecular complexity index is 386. The molecule has 92 valence electrons. The van der Waals surface area contributed by atoms with E-state index in [-0.39, 0.29) is 17.6 Å². The van der Waals surface area contributed by atoms with Gasteiger partial charge in [-0.05, 0) is 24.5 Å². The number of carbonyl (C=O) groups excluding carboxylic acids is 2. The molecule has 1 heterocycles. The van der Waals surface area contributed by atoms with Gasteiger partial charge in [0.2, 0.25) is 5.91 Å². The van der Waals surface area contributed by atoms with Crippen LogP contribution in [0.15, 0.2) is 0 Å². The standard InChI is InChI=1S/C9H14N6O2/c16-7(11-6-3-4-6)2-1-5-10-9(17)8-12-14-15-13-8/h6H,1-5H2,(H,10,17)(H,11,16)(H,12,13,14,15). The molecule has 0 unspecified atom stereocenters. The molecular weight excluding hydrogens is 224 g/mol. The van der Waals surface area contributed by atoms with Gasteiger partial charge in [-0.1, -0.05) is 0 Å². The van der Waals surface area contributed by atoms with Crippen LogP contribution in [0.4, 0.5) is 0 Å². The van der Waals surface area contributed by atoms with Gasteiger partial charge in [0.1, 0.15) is 0 Å². The fourth-order valence-electron chi connectivity index (χ4n) is 1.32. The van der Waals surface area contributed by atoms with Gasteiger partial charge in [0.25, 0.3) is 11.7 Å². The summed E-state index contributed by atoms with van der Waals surface area (Å²) >= 11 is 0. The Hall–Kier alpha value is -1.99. The summed E-state index contributed by atoms with van der Waals surface area (Å²) in [4.78, 5) is 22.6. The first kappa shape index (κ1) is 11.5. The Labute approximate surface area is 97.5 Å². The highest BCUT2D eigenvalue weighted by atomic mass is 16.2. The number of H-pyrrole nitrogens is 1. The molecule has 8 heteroatoms. The highest BCUT2D eigenvalue weighted by Crippen LogP contribution is 2.18. The molecule has 1 saturated carbocycles. The van der Waals surface area contributed by atoms with E-state index in [1.807, 2.05) is 0 Å². The quantitative estimate of drug-likeness (QED) is 0.549. The first-order valence-corrected chi connectivity index (χ1v) is 5.56. The summed E-state index contributed by atoms with van der Waals surface area (Å²) in [5.74, 6) is -0.338. The minimum absolute atomic E-state index is 0.00688. The minimum Gasteiger partial charge on any atom is -0.353 e. The van der Waals surface area contributed by atoms with Crippen LogP contribution in [0, 0.1) is 0 Å². The summed E-state index contributed by atoms with van der Waals surface area (Å²) in [6.45, 7) is 0.422. The summed E-state index contributed by atoms with van der Waals surface area (Å²) < 4.78 is 0. The van der Waals surface area contributed by atoms with E-state index in [9.17, 15) is 9.59 Å². The van der Waals surface area contributed by atoms with Crippen LogP contribution in [0.5, 0.6) is 0 Å². The molecule has 0 atom stereocenters. The van der Waals surface area contributed by atoms with Crippen molar-refractivity contribution in [3.63, 3.8) is 0 Å². The molecule has 1 aromatic rings. The number of amides is 2. The predicted octanol–water partition coefficient (Wildman–Crippen LogP) is -1.01. The lowest BCUT2D eigenvalue weighted by atomic mass is 10.3. The highest BCUT2D eigenvalue weighted by molar-refractivity contribution is 5.90. The summed E-state index contributed by atoms with van der Waals surface area (Å²) in [6, 6.07) is 0.386. The third-order valence-corrected chi connectivity index (χ3v) is 2.36. The van der Waals surface area contributed by atoms with E-state index in [1.165, 1.54) is 0 Å². The van der Waals surface area contributed by atoms with Crippen LogP contribution in [0.2, 0.25) is 0 Å². The molecule has 1 aliphatic rings. The summed E-state index contributed by atoms with van der Waals surface area (Å²) in [5, 5.41) is 18.0. The average molecular weight is 238 g/mol. The number of hydrogen-bond donors (Lipinski definition) is 3. The molecule has 0 spiro atoms. The van der Waals surface area contributed by atoms with Crippen molar-refractivity contribution in [3.8, 4) is 0 Å². The van der Waals surface area contributed by atoms with Crippen LogP contribution in [0.3, 0.4) is 0 Å². The smallest absolute Gasteiger partial charge is 0.292 e. The van der Waals surface area contributed by atoms with Crippen LogP contribution < -0.4 is 10.6 Å². The Morgan fingerprint density at radius 2 is 2.24 bits per heavy atom. The molecular formula is C9H14N6O2. The van der Waals surface area contributed by atoms with E-state index in [0.717, 1.165) is 12.8 Å². The number of hydrogen-bond acceptors (Lipinski definition) is 5. The molecule has 1 fully saturated rings. The summed E-state index contributed by atoms with van der Waals surface area (Å²) in [5.41, 5.74) is 0. The second-order valence-electron chi connectivity index (χ2n) is 3.94. The fraction of sp³-hybridized carbons (Fsp3) is 0.667. The largest absolute Gasteiger partial charge is 0.353 e. The molecule has 17 heavy (non-hydrogen) atoms.